The number of carbonyl (C=O) groups excluding carboxylic acids is 1. The number of nitrogens with zero attached hydrogens (tertiary/aromatic N) is 6. The number of hydrogen-bond donors (Lipinski definition) is 0. The molecule has 8 nitrogen and oxygen atoms in total. The maximum absolute atomic E-state index is 12.9. The highest BCUT2D eigenvalue weighted by atomic mass is 32.1. The Bertz CT molecular complexity index is 1100. The van der Waals surface area contributed by atoms with Gasteiger partial charge < -0.3 is 9.42 Å². The third kappa shape index (κ3) is 3.40. The van der Waals surface area contributed by atoms with E-state index < -0.39 is 0 Å². The van der Waals surface area contributed by atoms with Crippen molar-refractivity contribution < 1.29 is 9.32 Å². The SMILES string of the molecule is O=C(c1cscn1)N1C[C@@H](c2cccnc2)[C@H](c2nc(-c3ccncc3)no2)C1. The molecule has 144 valence electrons. The van der Waals surface area contributed by atoms with Gasteiger partial charge in [-0.25, -0.2) is 4.98 Å². The molecule has 0 radical (unpaired) electrons. The van der Waals surface area contributed by atoms with Gasteiger partial charge in [0.25, 0.3) is 5.91 Å². The number of pyridine rings is 2. The Hall–Kier alpha value is -3.46. The topological polar surface area (TPSA) is 97.9 Å². The van der Waals surface area contributed by atoms with Gasteiger partial charge in [0.1, 0.15) is 5.69 Å². The molecule has 0 aromatic carbocycles. The van der Waals surface area contributed by atoms with Crippen LogP contribution in [0.3, 0.4) is 0 Å². The van der Waals surface area contributed by atoms with E-state index in [1.807, 2.05) is 30.5 Å². The van der Waals surface area contributed by atoms with Crippen molar-refractivity contribution in [1.29, 1.82) is 0 Å². The fourth-order valence-electron chi connectivity index (χ4n) is 3.64. The van der Waals surface area contributed by atoms with Gasteiger partial charge in [-0.1, -0.05) is 11.2 Å². The summed E-state index contributed by atoms with van der Waals surface area (Å²) in [4.78, 5) is 31.7. The van der Waals surface area contributed by atoms with E-state index in [0.29, 0.717) is 30.5 Å². The van der Waals surface area contributed by atoms with Crippen molar-refractivity contribution in [1.82, 2.24) is 30.0 Å². The van der Waals surface area contributed by atoms with Gasteiger partial charge in [-0.15, -0.1) is 11.3 Å². The van der Waals surface area contributed by atoms with Gasteiger partial charge in [-0.3, -0.25) is 14.8 Å². The van der Waals surface area contributed by atoms with Gasteiger partial charge >= 0.3 is 0 Å². The van der Waals surface area contributed by atoms with E-state index in [0.717, 1.165) is 11.1 Å². The molecular formula is C20H16N6O2S. The third-order valence-electron chi connectivity index (χ3n) is 5.07. The predicted molar refractivity (Wildman–Crippen MR) is 105 cm³/mol. The molecule has 1 aliphatic rings. The van der Waals surface area contributed by atoms with Crippen LogP contribution in [0.15, 0.2) is 64.5 Å². The van der Waals surface area contributed by atoms with Gasteiger partial charge in [-0.2, -0.15) is 4.98 Å². The second kappa shape index (κ2) is 7.51. The number of carbonyl (C=O) groups is 1. The van der Waals surface area contributed by atoms with Gasteiger partial charge in [-0.05, 0) is 23.8 Å². The largest absolute Gasteiger partial charge is 0.339 e. The summed E-state index contributed by atoms with van der Waals surface area (Å²) in [6.07, 6.45) is 6.94. The Kier molecular flexibility index (Phi) is 4.57. The lowest BCUT2D eigenvalue weighted by molar-refractivity contribution is 0.0783. The quantitative estimate of drug-likeness (QED) is 0.516. The average Bonchev–Trinajstić information content (AvgIpc) is 3.55. The normalized spacial score (nSPS) is 18.8. The molecule has 0 N–H and O–H groups in total. The predicted octanol–water partition coefficient (Wildman–Crippen LogP) is 3.01. The van der Waals surface area contributed by atoms with Crippen molar-refractivity contribution in [2.45, 2.75) is 11.8 Å². The molecule has 1 aliphatic heterocycles. The molecule has 4 aromatic rings. The molecule has 5 heterocycles. The summed E-state index contributed by atoms with van der Waals surface area (Å²) >= 11 is 1.41. The number of thiazole rings is 1. The first-order valence-corrected chi connectivity index (χ1v) is 10.1. The van der Waals surface area contributed by atoms with E-state index in [1.165, 1.54) is 11.3 Å². The monoisotopic (exact) mass is 404 g/mol. The first-order valence-electron chi connectivity index (χ1n) is 9.11. The van der Waals surface area contributed by atoms with E-state index in [2.05, 4.69) is 25.1 Å². The van der Waals surface area contributed by atoms with E-state index in [9.17, 15) is 4.79 Å². The lowest BCUT2D eigenvalue weighted by Crippen LogP contribution is -2.29. The Morgan fingerprint density at radius 2 is 1.97 bits per heavy atom. The maximum atomic E-state index is 12.9. The molecule has 9 heteroatoms. The standard InChI is InChI=1S/C20H16N6O2S/c27-20(17-11-29-12-23-17)26-9-15(14-2-1-5-22-8-14)16(10-26)19-24-18(25-28-19)13-3-6-21-7-4-13/h1-8,11-12,15-16H,9-10H2/t15-,16+/m0/s1. The van der Waals surface area contributed by atoms with E-state index in [1.54, 1.807) is 34.4 Å². The van der Waals surface area contributed by atoms with Crippen molar-refractivity contribution in [3.8, 4) is 11.4 Å². The number of amides is 1. The van der Waals surface area contributed by atoms with E-state index >= 15 is 0 Å². The van der Waals surface area contributed by atoms with Crippen LogP contribution in [-0.2, 0) is 0 Å². The Labute approximate surface area is 170 Å². The van der Waals surface area contributed by atoms with Crippen molar-refractivity contribution >= 4 is 17.2 Å². The molecule has 0 unspecified atom stereocenters. The van der Waals surface area contributed by atoms with Crippen LogP contribution in [0.2, 0.25) is 0 Å². The summed E-state index contributed by atoms with van der Waals surface area (Å²) in [5, 5.41) is 5.90. The zero-order chi connectivity index (χ0) is 19.6. The minimum absolute atomic E-state index is 0.0111. The fourth-order valence-corrected chi connectivity index (χ4v) is 4.16. The van der Waals surface area contributed by atoms with Crippen LogP contribution in [0.4, 0.5) is 0 Å². The molecule has 29 heavy (non-hydrogen) atoms. The Morgan fingerprint density at radius 3 is 2.72 bits per heavy atom. The van der Waals surface area contributed by atoms with Crippen LogP contribution in [0.1, 0.15) is 33.8 Å². The molecular weight excluding hydrogens is 388 g/mol. The molecule has 5 rings (SSSR count). The molecule has 2 atom stereocenters. The minimum atomic E-state index is -0.120. The zero-order valence-electron chi connectivity index (χ0n) is 15.3. The molecule has 1 saturated heterocycles. The summed E-state index contributed by atoms with van der Waals surface area (Å²) in [5.74, 6) is 0.828. The lowest BCUT2D eigenvalue weighted by Gasteiger charge is -2.15. The number of aromatic nitrogens is 5. The van der Waals surface area contributed by atoms with Gasteiger partial charge in [0.15, 0.2) is 0 Å². The molecule has 0 aliphatic carbocycles. The third-order valence-corrected chi connectivity index (χ3v) is 5.66. The molecule has 4 aromatic heterocycles. The second-order valence-electron chi connectivity index (χ2n) is 6.78. The molecule has 1 amide bonds. The van der Waals surface area contributed by atoms with Crippen molar-refractivity contribution in [2.75, 3.05) is 13.1 Å². The van der Waals surface area contributed by atoms with Gasteiger partial charge in [0.05, 0.1) is 11.4 Å². The highest BCUT2D eigenvalue weighted by Gasteiger charge is 2.41. The van der Waals surface area contributed by atoms with E-state index in [4.69, 9.17) is 4.52 Å². The Morgan fingerprint density at radius 1 is 1.10 bits per heavy atom. The highest BCUT2D eigenvalue weighted by Crippen LogP contribution is 2.39. The van der Waals surface area contributed by atoms with Crippen LogP contribution in [0, 0.1) is 0 Å². The zero-order valence-corrected chi connectivity index (χ0v) is 16.1. The van der Waals surface area contributed by atoms with E-state index in [-0.39, 0.29) is 17.7 Å². The maximum Gasteiger partial charge on any atom is 0.273 e. The smallest absolute Gasteiger partial charge is 0.273 e. The summed E-state index contributed by atoms with van der Waals surface area (Å²) in [5.41, 5.74) is 4.00. The summed E-state index contributed by atoms with van der Waals surface area (Å²) in [6.45, 7) is 1.02. The Balaban J connectivity index is 1.47. The van der Waals surface area contributed by atoms with Crippen molar-refractivity contribution in [2.24, 2.45) is 0 Å². The highest BCUT2D eigenvalue weighted by molar-refractivity contribution is 7.07. The van der Waals surface area contributed by atoms with Gasteiger partial charge in [0, 0.05) is 54.7 Å². The fraction of sp³-hybridized carbons (Fsp3) is 0.200. The number of rotatable bonds is 4. The molecule has 1 fully saturated rings. The van der Waals surface area contributed by atoms with Crippen LogP contribution >= 0.6 is 11.3 Å². The van der Waals surface area contributed by atoms with Crippen LogP contribution in [0.25, 0.3) is 11.4 Å². The van der Waals surface area contributed by atoms with Crippen LogP contribution in [0.5, 0.6) is 0 Å². The van der Waals surface area contributed by atoms with Crippen LogP contribution < -0.4 is 0 Å². The second-order valence-corrected chi connectivity index (χ2v) is 7.49. The molecule has 0 spiro atoms. The first-order chi connectivity index (χ1) is 14.3. The average molecular weight is 404 g/mol. The number of likely N-dealkylation sites (tertiary alicyclic amines) is 1. The summed E-state index contributed by atoms with van der Waals surface area (Å²) < 4.78 is 5.62. The minimum Gasteiger partial charge on any atom is -0.339 e. The van der Waals surface area contributed by atoms with Crippen molar-refractivity contribution in [3.05, 3.63) is 77.1 Å². The summed E-state index contributed by atoms with van der Waals surface area (Å²) in [7, 11) is 0. The van der Waals surface area contributed by atoms with Gasteiger partial charge in [0.2, 0.25) is 11.7 Å². The molecule has 0 bridgehead atoms. The summed E-state index contributed by atoms with van der Waals surface area (Å²) in [6, 6.07) is 7.58. The molecule has 0 saturated carbocycles. The van der Waals surface area contributed by atoms with Crippen molar-refractivity contribution in [3.63, 3.8) is 0 Å². The number of hydrogen-bond acceptors (Lipinski definition) is 8. The lowest BCUT2D eigenvalue weighted by atomic mass is 9.90. The first kappa shape index (κ1) is 17.6. The van der Waals surface area contributed by atoms with Crippen LogP contribution in [-0.4, -0.2) is 49.0 Å².